The molecule has 3 aromatic carbocycles. The maximum Gasteiger partial charge on any atom is 0.459 e. The van der Waals surface area contributed by atoms with E-state index >= 15 is 0 Å². The number of aryl methyl sites for hydroxylation is 1. The summed E-state index contributed by atoms with van der Waals surface area (Å²) in [6.07, 6.45) is -0.891. The van der Waals surface area contributed by atoms with Crippen LogP contribution in [0.15, 0.2) is 73.1 Å². The lowest BCUT2D eigenvalue weighted by atomic mass is 10.1. The van der Waals surface area contributed by atoms with Crippen LogP contribution >= 0.6 is 19.3 Å². The van der Waals surface area contributed by atoms with Crippen molar-refractivity contribution < 1.29 is 33.0 Å². The number of fused-ring (bicyclic) bond motifs is 2. The Kier molecular flexibility index (Phi) is 9.23. The van der Waals surface area contributed by atoms with E-state index in [9.17, 15) is 14.5 Å². The quantitative estimate of drug-likeness (QED) is 0.126. The molecule has 4 N–H and O–H groups in total. The van der Waals surface area contributed by atoms with Crippen molar-refractivity contribution in [1.29, 1.82) is 0 Å². The Balaban J connectivity index is 1.21. The summed E-state index contributed by atoms with van der Waals surface area (Å²) in [4.78, 5) is 25.8. The van der Waals surface area contributed by atoms with Crippen LogP contribution in [0.5, 0.6) is 5.75 Å². The van der Waals surface area contributed by atoms with Crippen molar-refractivity contribution >= 4 is 53.1 Å². The average Bonchev–Trinajstić information content (AvgIpc) is 3.64. The lowest BCUT2D eigenvalue weighted by Gasteiger charge is -2.25. The van der Waals surface area contributed by atoms with E-state index in [2.05, 4.69) is 20.0 Å². The molecular formula is C31H32ClN6O7P. The molecule has 1 aliphatic rings. The zero-order valence-corrected chi connectivity index (χ0v) is 26.6. The third-order valence-corrected chi connectivity index (χ3v) is 9.42. The van der Waals surface area contributed by atoms with E-state index in [1.807, 2.05) is 36.4 Å². The van der Waals surface area contributed by atoms with Crippen molar-refractivity contribution in [2.24, 2.45) is 0 Å². The summed E-state index contributed by atoms with van der Waals surface area (Å²) in [5.41, 5.74) is 7.67. The number of imidazole rings is 1. The summed E-state index contributed by atoms with van der Waals surface area (Å²) in [6, 6.07) is 18.4. The number of rotatable bonds is 11. The number of ether oxygens (including phenoxy) is 2. The smallest absolute Gasteiger partial charge is 0.459 e. The second kappa shape index (κ2) is 13.3. The fraction of sp³-hybridized carbons (Fsp3) is 0.290. The Hall–Kier alpha value is -4.10. The molecule has 2 aromatic heterocycles. The standard InChI is InChI=1S/C31H32ClN6O7P/c1-18(31(40)42-15-20-8-4-3-5-9-20)37-46(41,45-25-13-12-23(32)21-10-6-7-11-22(21)25)43-16-26-24(39)14-27(44-26)38-17-34-28-29(33)35-19(2)36-30(28)38/h3-13,17-18,24,26-27,39H,14-16H2,1-2H3,(H,37,41)(H2,33,35,36)/t18-,24?,26?,27?,46?/m1/s1. The minimum Gasteiger partial charge on any atom is -0.460 e. The third-order valence-electron chi connectivity index (χ3n) is 7.46. The number of hydrogen-bond acceptors (Lipinski definition) is 11. The molecule has 5 aromatic rings. The number of nitrogens with two attached hydrogens (primary N) is 1. The van der Waals surface area contributed by atoms with Gasteiger partial charge >= 0.3 is 13.7 Å². The van der Waals surface area contributed by atoms with Gasteiger partial charge in [0.05, 0.1) is 19.0 Å². The first-order chi connectivity index (χ1) is 22.1. The highest BCUT2D eigenvalue weighted by molar-refractivity contribution is 7.52. The number of aliphatic hydroxyl groups is 1. The number of nitrogen functional groups attached to an aromatic ring is 1. The van der Waals surface area contributed by atoms with Gasteiger partial charge < -0.3 is 24.8 Å². The first-order valence-corrected chi connectivity index (χ1v) is 16.4. The van der Waals surface area contributed by atoms with E-state index in [-0.39, 0.29) is 31.2 Å². The number of nitrogens with one attached hydrogen (secondary N) is 1. The van der Waals surface area contributed by atoms with Crippen molar-refractivity contribution in [2.45, 2.75) is 51.4 Å². The molecule has 13 nitrogen and oxygen atoms in total. The number of hydrogen-bond donors (Lipinski definition) is 3. The Labute approximate surface area is 269 Å². The summed E-state index contributed by atoms with van der Waals surface area (Å²) >= 11 is 6.39. The first kappa shape index (κ1) is 31.9. The number of esters is 1. The number of carbonyl (C=O) groups is 1. The molecule has 0 aliphatic carbocycles. The fourth-order valence-electron chi connectivity index (χ4n) is 5.15. The van der Waals surface area contributed by atoms with Gasteiger partial charge in [0.25, 0.3) is 0 Å². The first-order valence-electron chi connectivity index (χ1n) is 14.5. The largest absolute Gasteiger partial charge is 0.460 e. The van der Waals surface area contributed by atoms with E-state index in [0.717, 1.165) is 5.56 Å². The average molecular weight is 667 g/mol. The van der Waals surface area contributed by atoms with Crippen molar-refractivity contribution in [3.63, 3.8) is 0 Å². The van der Waals surface area contributed by atoms with Gasteiger partial charge in [0.2, 0.25) is 0 Å². The maximum absolute atomic E-state index is 14.3. The molecule has 0 saturated carbocycles. The van der Waals surface area contributed by atoms with Crippen molar-refractivity contribution in [3.05, 3.63) is 89.5 Å². The second-order valence-electron chi connectivity index (χ2n) is 10.8. The van der Waals surface area contributed by atoms with E-state index in [1.54, 1.807) is 41.8 Å². The van der Waals surface area contributed by atoms with Crippen molar-refractivity contribution in [1.82, 2.24) is 24.6 Å². The van der Waals surface area contributed by atoms with Crippen LogP contribution in [0.2, 0.25) is 5.02 Å². The molecule has 1 aliphatic heterocycles. The van der Waals surface area contributed by atoms with Crippen LogP contribution in [0.3, 0.4) is 0 Å². The number of anilines is 1. The SMILES string of the molecule is Cc1nc(N)c2ncn(C3CC(O)C(COP(=O)(N[C@H](C)C(=O)OCc4ccccc4)Oc4ccc(Cl)c5ccccc45)O3)c2n1. The van der Waals surface area contributed by atoms with Crippen LogP contribution < -0.4 is 15.3 Å². The summed E-state index contributed by atoms with van der Waals surface area (Å²) < 4.78 is 39.4. The van der Waals surface area contributed by atoms with Gasteiger partial charge in [0, 0.05) is 22.2 Å². The lowest BCUT2D eigenvalue weighted by Crippen LogP contribution is -2.36. The molecule has 0 amide bonds. The Morgan fingerprint density at radius 2 is 1.89 bits per heavy atom. The minimum absolute atomic E-state index is 0.0298. The van der Waals surface area contributed by atoms with Crippen LogP contribution in [0.1, 0.15) is 31.0 Å². The number of nitrogens with zero attached hydrogens (tertiary/aromatic N) is 4. The molecule has 0 bridgehead atoms. The van der Waals surface area contributed by atoms with E-state index in [1.165, 1.54) is 13.3 Å². The van der Waals surface area contributed by atoms with Gasteiger partial charge in [-0.1, -0.05) is 66.2 Å². The molecule has 0 spiro atoms. The lowest BCUT2D eigenvalue weighted by molar-refractivity contribution is -0.146. The Bertz CT molecular complexity index is 1930. The fourth-order valence-corrected chi connectivity index (χ4v) is 6.90. The molecule has 6 rings (SSSR count). The molecule has 3 heterocycles. The molecule has 1 fully saturated rings. The monoisotopic (exact) mass is 666 g/mol. The zero-order valence-electron chi connectivity index (χ0n) is 24.9. The molecule has 5 atom stereocenters. The van der Waals surface area contributed by atoms with Gasteiger partial charge in [-0.15, -0.1) is 0 Å². The summed E-state index contributed by atoms with van der Waals surface area (Å²) in [7, 11) is -4.32. The topological polar surface area (TPSA) is 173 Å². The Morgan fingerprint density at radius 1 is 1.15 bits per heavy atom. The van der Waals surface area contributed by atoms with Crippen molar-refractivity contribution in [2.75, 3.05) is 12.3 Å². The summed E-state index contributed by atoms with van der Waals surface area (Å²) in [5, 5.41) is 15.3. The molecule has 0 radical (unpaired) electrons. The van der Waals surface area contributed by atoms with Crippen LogP contribution in [-0.4, -0.2) is 55.5 Å². The molecule has 1 saturated heterocycles. The minimum atomic E-state index is -4.32. The normalized spacial score (nSPS) is 20.0. The molecule has 4 unspecified atom stereocenters. The van der Waals surface area contributed by atoms with Crippen LogP contribution in [-0.2, 0) is 30.0 Å². The van der Waals surface area contributed by atoms with Gasteiger partial charge in [0.15, 0.2) is 11.5 Å². The number of aromatic nitrogens is 4. The van der Waals surface area contributed by atoms with Gasteiger partial charge in [-0.05, 0) is 31.5 Å². The predicted octanol–water partition coefficient (Wildman–Crippen LogP) is 5.10. The van der Waals surface area contributed by atoms with Crippen molar-refractivity contribution in [3.8, 4) is 5.75 Å². The second-order valence-corrected chi connectivity index (χ2v) is 12.9. The third kappa shape index (κ3) is 6.85. The molecule has 240 valence electrons. The summed E-state index contributed by atoms with van der Waals surface area (Å²) in [6.45, 7) is 2.88. The number of carbonyl (C=O) groups excluding carboxylic acids is 1. The zero-order chi connectivity index (χ0) is 32.4. The molecule has 15 heteroatoms. The van der Waals surface area contributed by atoms with Gasteiger partial charge in [0.1, 0.15) is 42.1 Å². The highest BCUT2D eigenvalue weighted by atomic mass is 35.5. The van der Waals surface area contributed by atoms with E-state index in [0.29, 0.717) is 32.8 Å². The van der Waals surface area contributed by atoms with E-state index in [4.69, 9.17) is 35.9 Å². The van der Waals surface area contributed by atoms with Gasteiger partial charge in [-0.2, -0.15) is 5.09 Å². The Morgan fingerprint density at radius 3 is 2.67 bits per heavy atom. The van der Waals surface area contributed by atoms with Crippen LogP contribution in [0.25, 0.3) is 21.9 Å². The number of halogens is 1. The molecular weight excluding hydrogens is 635 g/mol. The van der Waals surface area contributed by atoms with Crippen LogP contribution in [0.4, 0.5) is 5.82 Å². The highest BCUT2D eigenvalue weighted by Gasteiger charge is 2.40. The highest BCUT2D eigenvalue weighted by Crippen LogP contribution is 2.48. The van der Waals surface area contributed by atoms with Gasteiger partial charge in [-0.25, -0.2) is 19.5 Å². The maximum atomic E-state index is 14.3. The molecule has 46 heavy (non-hydrogen) atoms. The van der Waals surface area contributed by atoms with E-state index < -0.39 is 38.2 Å². The number of benzene rings is 3. The number of aliphatic hydroxyl groups excluding tert-OH is 1. The van der Waals surface area contributed by atoms with Gasteiger partial charge in [-0.3, -0.25) is 13.9 Å². The predicted molar refractivity (Wildman–Crippen MR) is 171 cm³/mol. The summed E-state index contributed by atoms with van der Waals surface area (Å²) in [5.74, 6) is 0.234. The van der Waals surface area contributed by atoms with Crippen LogP contribution in [0, 0.1) is 6.92 Å².